The highest BCUT2D eigenvalue weighted by Gasteiger charge is 2.40. The second-order valence-corrected chi connectivity index (χ2v) is 8.52. The van der Waals surface area contributed by atoms with E-state index in [2.05, 4.69) is 9.80 Å². The van der Waals surface area contributed by atoms with Crippen molar-refractivity contribution >= 4 is 17.5 Å². The molecule has 6 nitrogen and oxygen atoms in total. The molecule has 6 heteroatoms. The van der Waals surface area contributed by atoms with Crippen LogP contribution in [0.3, 0.4) is 0 Å². The molecule has 5 rings (SSSR count). The number of carbonyl (C=O) groups is 2. The number of carbonyl (C=O) groups excluding carboxylic acids is 2. The number of benzene rings is 1. The van der Waals surface area contributed by atoms with Gasteiger partial charge in [-0.05, 0) is 37.8 Å². The van der Waals surface area contributed by atoms with Gasteiger partial charge in [-0.1, -0.05) is 18.9 Å². The van der Waals surface area contributed by atoms with Gasteiger partial charge >= 0.3 is 0 Å². The highest BCUT2D eigenvalue weighted by molar-refractivity contribution is 6.23. The Labute approximate surface area is 166 Å². The summed E-state index contributed by atoms with van der Waals surface area (Å²) in [5.41, 5.74) is 2.08. The summed E-state index contributed by atoms with van der Waals surface area (Å²) in [4.78, 5) is 32.3. The first-order valence-corrected chi connectivity index (χ1v) is 10.8. The van der Waals surface area contributed by atoms with E-state index >= 15 is 0 Å². The van der Waals surface area contributed by atoms with Crippen molar-refractivity contribution in [2.45, 2.75) is 50.7 Å². The summed E-state index contributed by atoms with van der Waals surface area (Å²) >= 11 is 0. The fourth-order valence-corrected chi connectivity index (χ4v) is 5.33. The molecule has 2 amide bonds. The number of amides is 2. The minimum absolute atomic E-state index is 0.0133. The van der Waals surface area contributed by atoms with Gasteiger partial charge in [0.15, 0.2) is 0 Å². The van der Waals surface area contributed by atoms with Crippen LogP contribution in [0.2, 0.25) is 0 Å². The van der Waals surface area contributed by atoms with E-state index < -0.39 is 0 Å². The van der Waals surface area contributed by atoms with Crippen LogP contribution in [0.15, 0.2) is 18.2 Å². The van der Waals surface area contributed by atoms with E-state index in [-0.39, 0.29) is 17.9 Å². The number of piperazine rings is 1. The van der Waals surface area contributed by atoms with Crippen LogP contribution in [0.4, 0.5) is 5.69 Å². The summed E-state index contributed by atoms with van der Waals surface area (Å²) < 4.78 is 5.66. The molecule has 3 aliphatic heterocycles. The predicted octanol–water partition coefficient (Wildman–Crippen LogP) is 2.53. The largest absolute Gasteiger partial charge is 0.376 e. The summed E-state index contributed by atoms with van der Waals surface area (Å²) in [7, 11) is 0. The van der Waals surface area contributed by atoms with Gasteiger partial charge in [-0.2, -0.15) is 0 Å². The first kappa shape index (κ1) is 18.1. The fraction of sp³-hybridized carbons (Fsp3) is 0.636. The second kappa shape index (κ2) is 7.48. The van der Waals surface area contributed by atoms with E-state index in [0.717, 1.165) is 57.4 Å². The fourth-order valence-electron chi connectivity index (χ4n) is 5.33. The Balaban J connectivity index is 1.33. The average molecular weight is 383 g/mol. The van der Waals surface area contributed by atoms with Crippen LogP contribution < -0.4 is 4.90 Å². The number of rotatable bonds is 4. The van der Waals surface area contributed by atoms with Crippen molar-refractivity contribution in [3.05, 3.63) is 29.3 Å². The molecule has 28 heavy (non-hydrogen) atoms. The number of imide groups is 1. The molecule has 1 atom stereocenters. The molecule has 150 valence electrons. The topological polar surface area (TPSA) is 53.1 Å². The molecule has 3 heterocycles. The van der Waals surface area contributed by atoms with Crippen LogP contribution in [0.1, 0.15) is 59.2 Å². The standard InChI is InChI=1S/C22H29N3O3/c26-21-18-8-3-9-19(20(18)22(27)25(21)15-17-7-4-14-28-17)24-12-10-23(11-13-24)16-5-1-2-6-16/h3,8-9,16-17H,1-2,4-7,10-15H2. The lowest BCUT2D eigenvalue weighted by atomic mass is 10.1. The van der Waals surface area contributed by atoms with Crippen LogP contribution in [-0.2, 0) is 4.74 Å². The number of hydrogen-bond donors (Lipinski definition) is 0. The van der Waals surface area contributed by atoms with Gasteiger partial charge < -0.3 is 9.64 Å². The van der Waals surface area contributed by atoms with Gasteiger partial charge in [-0.15, -0.1) is 0 Å². The lowest BCUT2D eigenvalue weighted by Gasteiger charge is -2.39. The maximum Gasteiger partial charge on any atom is 0.263 e. The van der Waals surface area contributed by atoms with Crippen molar-refractivity contribution in [2.24, 2.45) is 0 Å². The summed E-state index contributed by atoms with van der Waals surface area (Å²) in [6.45, 7) is 5.01. The van der Waals surface area contributed by atoms with Crippen LogP contribution in [0, 0.1) is 0 Å². The Morgan fingerprint density at radius 2 is 1.71 bits per heavy atom. The van der Waals surface area contributed by atoms with E-state index in [4.69, 9.17) is 4.74 Å². The number of ether oxygens (including phenoxy) is 1. The molecular formula is C22H29N3O3. The SMILES string of the molecule is O=C1c2cccc(N3CCN(C4CCCC4)CC3)c2C(=O)N1CC1CCCO1. The van der Waals surface area contributed by atoms with Crippen LogP contribution >= 0.6 is 0 Å². The minimum atomic E-state index is -0.165. The first-order valence-electron chi connectivity index (χ1n) is 10.8. The predicted molar refractivity (Wildman–Crippen MR) is 107 cm³/mol. The Morgan fingerprint density at radius 3 is 2.43 bits per heavy atom. The number of hydrogen-bond acceptors (Lipinski definition) is 5. The molecule has 1 unspecified atom stereocenters. The van der Waals surface area contributed by atoms with E-state index in [1.165, 1.54) is 30.6 Å². The van der Waals surface area contributed by atoms with E-state index in [9.17, 15) is 9.59 Å². The lowest BCUT2D eigenvalue weighted by molar-refractivity contribution is 0.0475. The summed E-state index contributed by atoms with van der Waals surface area (Å²) in [5.74, 6) is -0.314. The lowest BCUT2D eigenvalue weighted by Crippen LogP contribution is -2.50. The highest BCUT2D eigenvalue weighted by atomic mass is 16.5. The van der Waals surface area contributed by atoms with Crippen molar-refractivity contribution in [2.75, 3.05) is 44.2 Å². The molecule has 0 spiro atoms. The first-order chi connectivity index (χ1) is 13.7. The number of fused-ring (bicyclic) bond motifs is 1. The quantitative estimate of drug-likeness (QED) is 0.748. The van der Waals surface area contributed by atoms with Gasteiger partial charge in [-0.25, -0.2) is 0 Å². The minimum Gasteiger partial charge on any atom is -0.376 e. The van der Waals surface area contributed by atoms with Gasteiger partial charge in [-0.3, -0.25) is 19.4 Å². The van der Waals surface area contributed by atoms with Crippen molar-refractivity contribution in [3.63, 3.8) is 0 Å². The van der Waals surface area contributed by atoms with Crippen LogP contribution in [0.5, 0.6) is 0 Å². The van der Waals surface area contributed by atoms with E-state index in [0.29, 0.717) is 17.7 Å². The Bertz CT molecular complexity index is 760. The molecule has 4 aliphatic rings. The zero-order valence-corrected chi connectivity index (χ0v) is 16.4. The molecular weight excluding hydrogens is 354 g/mol. The summed E-state index contributed by atoms with van der Waals surface area (Å²) in [6, 6.07) is 6.46. The maximum atomic E-state index is 13.1. The second-order valence-electron chi connectivity index (χ2n) is 8.52. The zero-order valence-electron chi connectivity index (χ0n) is 16.4. The normalized spacial score (nSPS) is 26.5. The van der Waals surface area contributed by atoms with Crippen molar-refractivity contribution in [1.82, 2.24) is 9.80 Å². The number of anilines is 1. The monoisotopic (exact) mass is 383 g/mol. The van der Waals surface area contributed by atoms with Crippen LogP contribution in [0.25, 0.3) is 0 Å². The van der Waals surface area contributed by atoms with Gasteiger partial charge in [0.25, 0.3) is 11.8 Å². The zero-order chi connectivity index (χ0) is 19.1. The van der Waals surface area contributed by atoms with Gasteiger partial charge in [0.2, 0.25) is 0 Å². The van der Waals surface area contributed by atoms with Gasteiger partial charge in [0.1, 0.15) is 0 Å². The van der Waals surface area contributed by atoms with E-state index in [1.54, 1.807) is 6.07 Å². The molecule has 0 aromatic heterocycles. The van der Waals surface area contributed by atoms with Crippen LogP contribution in [-0.4, -0.2) is 73.1 Å². The molecule has 1 aromatic rings. The summed E-state index contributed by atoms with van der Waals surface area (Å²) in [6.07, 6.45) is 7.27. The molecule has 1 saturated carbocycles. The average Bonchev–Trinajstić information content (AvgIpc) is 3.48. The maximum absolute atomic E-state index is 13.1. The van der Waals surface area contributed by atoms with Crippen molar-refractivity contribution < 1.29 is 14.3 Å². The van der Waals surface area contributed by atoms with E-state index in [1.807, 2.05) is 12.1 Å². The third kappa shape index (κ3) is 3.12. The third-order valence-electron chi connectivity index (χ3n) is 6.88. The molecule has 0 bridgehead atoms. The van der Waals surface area contributed by atoms with Crippen molar-refractivity contribution in [1.29, 1.82) is 0 Å². The Morgan fingerprint density at radius 1 is 0.929 bits per heavy atom. The Hall–Kier alpha value is -1.92. The highest BCUT2D eigenvalue weighted by Crippen LogP contribution is 2.34. The molecule has 0 N–H and O–H groups in total. The Kier molecular flexibility index (Phi) is 4.85. The molecule has 1 aromatic carbocycles. The molecule has 0 radical (unpaired) electrons. The smallest absolute Gasteiger partial charge is 0.263 e. The third-order valence-corrected chi connectivity index (χ3v) is 6.88. The molecule has 1 aliphatic carbocycles. The van der Waals surface area contributed by atoms with Gasteiger partial charge in [0.05, 0.1) is 29.5 Å². The molecule has 3 fully saturated rings. The number of nitrogens with zero attached hydrogens (tertiary/aromatic N) is 3. The van der Waals surface area contributed by atoms with Gasteiger partial charge in [0, 0.05) is 38.8 Å². The summed E-state index contributed by atoms with van der Waals surface area (Å²) in [5, 5.41) is 0. The molecule has 2 saturated heterocycles. The van der Waals surface area contributed by atoms with Crippen molar-refractivity contribution in [3.8, 4) is 0 Å².